The highest BCUT2D eigenvalue weighted by atomic mass is 16.5. The molecule has 0 atom stereocenters. The number of ether oxygens (including phenoxy) is 1. The van der Waals surface area contributed by atoms with Gasteiger partial charge in [-0.1, -0.05) is 13.3 Å². The fourth-order valence-electron chi connectivity index (χ4n) is 0.707. The van der Waals surface area contributed by atoms with Crippen LogP contribution in [0.15, 0.2) is 0 Å². The predicted octanol–water partition coefficient (Wildman–Crippen LogP) is 1.28. The SMILES string of the molecule is CCCCOCCN(C)C(C)=O. The van der Waals surface area contributed by atoms with E-state index in [1.807, 2.05) is 0 Å². The van der Waals surface area contributed by atoms with Gasteiger partial charge in [-0.2, -0.15) is 0 Å². The second-order valence-corrected chi connectivity index (χ2v) is 2.91. The molecule has 0 aliphatic heterocycles. The van der Waals surface area contributed by atoms with Gasteiger partial charge >= 0.3 is 0 Å². The molecule has 0 aromatic rings. The van der Waals surface area contributed by atoms with Crippen LogP contribution in [0.25, 0.3) is 0 Å². The lowest BCUT2D eigenvalue weighted by Crippen LogP contribution is -2.27. The number of hydrogen-bond donors (Lipinski definition) is 0. The zero-order valence-corrected chi connectivity index (χ0v) is 8.30. The van der Waals surface area contributed by atoms with Crippen LogP contribution in [0.1, 0.15) is 26.7 Å². The Balaban J connectivity index is 3.14. The Kier molecular flexibility index (Phi) is 6.76. The first-order valence-corrected chi connectivity index (χ1v) is 4.48. The molecule has 3 nitrogen and oxygen atoms in total. The molecule has 0 heterocycles. The maximum atomic E-state index is 10.7. The van der Waals surface area contributed by atoms with Crippen molar-refractivity contribution in [1.82, 2.24) is 4.90 Å². The van der Waals surface area contributed by atoms with E-state index in [0.717, 1.165) is 19.4 Å². The van der Waals surface area contributed by atoms with E-state index in [9.17, 15) is 4.79 Å². The smallest absolute Gasteiger partial charge is 0.219 e. The molecular formula is C9H19NO2. The van der Waals surface area contributed by atoms with E-state index in [4.69, 9.17) is 4.74 Å². The minimum absolute atomic E-state index is 0.0918. The van der Waals surface area contributed by atoms with Crippen molar-refractivity contribution in [2.45, 2.75) is 26.7 Å². The molecule has 0 aromatic heterocycles. The first kappa shape index (κ1) is 11.4. The molecule has 0 bridgehead atoms. The fraction of sp³-hybridized carbons (Fsp3) is 0.889. The van der Waals surface area contributed by atoms with E-state index in [-0.39, 0.29) is 5.91 Å². The van der Waals surface area contributed by atoms with E-state index in [1.54, 1.807) is 18.9 Å². The van der Waals surface area contributed by atoms with Crippen molar-refractivity contribution in [3.8, 4) is 0 Å². The standard InChI is InChI=1S/C9H19NO2/c1-4-5-7-12-8-6-10(3)9(2)11/h4-8H2,1-3H3. The van der Waals surface area contributed by atoms with Gasteiger partial charge in [0.25, 0.3) is 0 Å². The minimum atomic E-state index is 0.0918. The Morgan fingerprint density at radius 1 is 1.42 bits per heavy atom. The van der Waals surface area contributed by atoms with E-state index < -0.39 is 0 Å². The summed E-state index contributed by atoms with van der Waals surface area (Å²) in [5.41, 5.74) is 0. The molecule has 0 radical (unpaired) electrons. The minimum Gasteiger partial charge on any atom is -0.380 e. The highest BCUT2D eigenvalue weighted by molar-refractivity contribution is 5.72. The summed E-state index contributed by atoms with van der Waals surface area (Å²) in [7, 11) is 1.78. The molecule has 0 rings (SSSR count). The van der Waals surface area contributed by atoms with E-state index in [1.165, 1.54) is 0 Å². The van der Waals surface area contributed by atoms with Gasteiger partial charge in [0.1, 0.15) is 0 Å². The molecule has 0 saturated heterocycles. The van der Waals surface area contributed by atoms with Gasteiger partial charge in [0.15, 0.2) is 0 Å². The van der Waals surface area contributed by atoms with Gasteiger partial charge < -0.3 is 9.64 Å². The Labute approximate surface area is 74.7 Å². The molecule has 0 spiro atoms. The van der Waals surface area contributed by atoms with Crippen LogP contribution in [0, 0.1) is 0 Å². The zero-order valence-electron chi connectivity index (χ0n) is 8.30. The number of unbranched alkanes of at least 4 members (excludes halogenated alkanes) is 1. The number of hydrogen-bond acceptors (Lipinski definition) is 2. The zero-order chi connectivity index (χ0) is 9.40. The van der Waals surface area contributed by atoms with Crippen LogP contribution in [-0.4, -0.2) is 37.6 Å². The van der Waals surface area contributed by atoms with Crippen LogP contribution in [0.4, 0.5) is 0 Å². The summed E-state index contributed by atoms with van der Waals surface area (Å²) in [6.45, 7) is 5.84. The van der Waals surface area contributed by atoms with Crippen molar-refractivity contribution in [1.29, 1.82) is 0 Å². The number of likely N-dealkylation sites (N-methyl/N-ethyl adjacent to an activating group) is 1. The van der Waals surface area contributed by atoms with Crippen molar-refractivity contribution in [3.05, 3.63) is 0 Å². The van der Waals surface area contributed by atoms with Gasteiger partial charge in [-0.25, -0.2) is 0 Å². The molecule has 0 N–H and O–H groups in total. The summed E-state index contributed by atoms with van der Waals surface area (Å²) in [4.78, 5) is 12.4. The van der Waals surface area contributed by atoms with Gasteiger partial charge in [-0.05, 0) is 6.42 Å². The molecule has 0 aliphatic carbocycles. The molecular weight excluding hydrogens is 154 g/mol. The summed E-state index contributed by atoms with van der Waals surface area (Å²) in [6, 6.07) is 0. The van der Waals surface area contributed by atoms with Crippen molar-refractivity contribution in [2.24, 2.45) is 0 Å². The largest absolute Gasteiger partial charge is 0.380 e. The van der Waals surface area contributed by atoms with E-state index in [2.05, 4.69) is 6.92 Å². The Hall–Kier alpha value is -0.570. The van der Waals surface area contributed by atoms with Crippen LogP contribution < -0.4 is 0 Å². The van der Waals surface area contributed by atoms with Gasteiger partial charge in [0, 0.05) is 27.1 Å². The maximum absolute atomic E-state index is 10.7. The van der Waals surface area contributed by atoms with Crippen LogP contribution in [-0.2, 0) is 9.53 Å². The topological polar surface area (TPSA) is 29.5 Å². The summed E-state index contributed by atoms with van der Waals surface area (Å²) < 4.78 is 5.30. The number of rotatable bonds is 6. The van der Waals surface area contributed by atoms with Crippen LogP contribution >= 0.6 is 0 Å². The molecule has 0 aliphatic rings. The third-order valence-electron chi connectivity index (χ3n) is 1.75. The first-order chi connectivity index (χ1) is 5.68. The normalized spacial score (nSPS) is 9.92. The molecule has 0 saturated carbocycles. The summed E-state index contributed by atoms with van der Waals surface area (Å²) >= 11 is 0. The summed E-state index contributed by atoms with van der Waals surface area (Å²) in [6.07, 6.45) is 2.26. The van der Waals surface area contributed by atoms with Crippen LogP contribution in [0.3, 0.4) is 0 Å². The molecule has 1 amide bonds. The van der Waals surface area contributed by atoms with Crippen molar-refractivity contribution >= 4 is 5.91 Å². The second-order valence-electron chi connectivity index (χ2n) is 2.91. The monoisotopic (exact) mass is 173 g/mol. The highest BCUT2D eigenvalue weighted by Crippen LogP contribution is 1.89. The first-order valence-electron chi connectivity index (χ1n) is 4.48. The molecule has 12 heavy (non-hydrogen) atoms. The number of carbonyl (C=O) groups excluding carboxylic acids is 1. The van der Waals surface area contributed by atoms with Gasteiger partial charge in [0.05, 0.1) is 6.61 Å². The summed E-state index contributed by atoms with van der Waals surface area (Å²) in [5.74, 6) is 0.0918. The van der Waals surface area contributed by atoms with E-state index in [0.29, 0.717) is 13.2 Å². The Morgan fingerprint density at radius 3 is 2.58 bits per heavy atom. The molecule has 3 heteroatoms. The van der Waals surface area contributed by atoms with Crippen LogP contribution in [0.2, 0.25) is 0 Å². The molecule has 72 valence electrons. The third-order valence-corrected chi connectivity index (χ3v) is 1.75. The average molecular weight is 173 g/mol. The number of nitrogens with zero attached hydrogens (tertiary/aromatic N) is 1. The second kappa shape index (κ2) is 7.10. The number of carbonyl (C=O) groups is 1. The fourth-order valence-corrected chi connectivity index (χ4v) is 0.707. The quantitative estimate of drug-likeness (QED) is 0.566. The predicted molar refractivity (Wildman–Crippen MR) is 49.0 cm³/mol. The lowest BCUT2D eigenvalue weighted by atomic mass is 10.4. The Morgan fingerprint density at radius 2 is 2.08 bits per heavy atom. The van der Waals surface area contributed by atoms with Crippen molar-refractivity contribution < 1.29 is 9.53 Å². The maximum Gasteiger partial charge on any atom is 0.219 e. The van der Waals surface area contributed by atoms with Gasteiger partial charge in [-0.3, -0.25) is 4.79 Å². The van der Waals surface area contributed by atoms with E-state index >= 15 is 0 Å². The van der Waals surface area contributed by atoms with Crippen molar-refractivity contribution in [3.63, 3.8) is 0 Å². The lowest BCUT2D eigenvalue weighted by molar-refractivity contribution is -0.128. The number of amides is 1. The van der Waals surface area contributed by atoms with Crippen LogP contribution in [0.5, 0.6) is 0 Å². The Bertz CT molecular complexity index is 126. The van der Waals surface area contributed by atoms with Gasteiger partial charge in [0.2, 0.25) is 5.91 Å². The third kappa shape index (κ3) is 6.16. The average Bonchev–Trinajstić information content (AvgIpc) is 2.03. The molecule has 0 fully saturated rings. The van der Waals surface area contributed by atoms with Gasteiger partial charge in [-0.15, -0.1) is 0 Å². The highest BCUT2D eigenvalue weighted by Gasteiger charge is 1.99. The van der Waals surface area contributed by atoms with Crippen molar-refractivity contribution in [2.75, 3.05) is 26.8 Å². The molecule has 0 unspecified atom stereocenters. The molecule has 0 aromatic carbocycles. The lowest BCUT2D eigenvalue weighted by Gasteiger charge is -2.14. The summed E-state index contributed by atoms with van der Waals surface area (Å²) in [5, 5.41) is 0.